The average molecular weight is 383 g/mol. The Labute approximate surface area is 129 Å². The van der Waals surface area contributed by atoms with E-state index in [0.717, 1.165) is 22.9 Å². The normalized spacial score (nSPS) is 11.1. The van der Waals surface area contributed by atoms with Crippen molar-refractivity contribution >= 4 is 44.6 Å². The third-order valence-corrected chi connectivity index (χ3v) is 4.59. The number of fused-ring (bicyclic) bond motifs is 1. The van der Waals surface area contributed by atoms with Crippen molar-refractivity contribution in [2.24, 2.45) is 0 Å². The maximum atomic E-state index is 4.60. The second kappa shape index (κ2) is 5.13. The van der Waals surface area contributed by atoms with Crippen molar-refractivity contribution in [3.63, 3.8) is 0 Å². The van der Waals surface area contributed by atoms with Crippen LogP contribution in [0.4, 0.5) is 5.69 Å². The van der Waals surface area contributed by atoms with Crippen LogP contribution < -0.4 is 5.32 Å². The van der Waals surface area contributed by atoms with Crippen molar-refractivity contribution in [2.75, 3.05) is 5.32 Å². The molecule has 0 aliphatic carbocycles. The largest absolute Gasteiger partial charge is 0.379 e. The fourth-order valence-electron chi connectivity index (χ4n) is 2.11. The Hall–Kier alpha value is -1.08. The van der Waals surface area contributed by atoms with Crippen LogP contribution in [0.1, 0.15) is 16.3 Å². The van der Waals surface area contributed by atoms with Crippen molar-refractivity contribution in [1.29, 1.82) is 0 Å². The summed E-state index contributed by atoms with van der Waals surface area (Å²) in [6, 6.07) is 8.40. The van der Waals surface area contributed by atoms with Gasteiger partial charge in [-0.1, -0.05) is 6.07 Å². The van der Waals surface area contributed by atoms with Gasteiger partial charge in [-0.15, -0.1) is 11.3 Å². The van der Waals surface area contributed by atoms with Crippen LogP contribution in [0, 0.1) is 17.4 Å². The highest BCUT2D eigenvalue weighted by Gasteiger charge is 2.10. The Balaban J connectivity index is 1.87. The van der Waals surface area contributed by atoms with Gasteiger partial charge >= 0.3 is 0 Å². The molecule has 1 aromatic carbocycles. The number of rotatable bonds is 3. The molecule has 19 heavy (non-hydrogen) atoms. The van der Waals surface area contributed by atoms with E-state index >= 15 is 0 Å². The maximum Gasteiger partial charge on any atom is 0.194 e. The molecule has 98 valence electrons. The highest BCUT2D eigenvalue weighted by molar-refractivity contribution is 14.1. The standard InChI is InChI=1S/C14H14IN3S/c1-9-8-18-13(10(2)17-14(18)19-9)7-16-12-5-3-4-11(15)6-12/h3-6,8,16H,7H2,1-2H3. The Morgan fingerprint density at radius 1 is 1.37 bits per heavy atom. The Morgan fingerprint density at radius 3 is 3.00 bits per heavy atom. The van der Waals surface area contributed by atoms with Gasteiger partial charge in [0.1, 0.15) is 0 Å². The van der Waals surface area contributed by atoms with Gasteiger partial charge in [0.2, 0.25) is 0 Å². The molecule has 0 spiro atoms. The fourth-order valence-corrected chi connectivity index (χ4v) is 3.54. The van der Waals surface area contributed by atoms with Gasteiger partial charge in [0.05, 0.1) is 17.9 Å². The van der Waals surface area contributed by atoms with Gasteiger partial charge in [0.15, 0.2) is 4.96 Å². The highest BCUT2D eigenvalue weighted by atomic mass is 127. The van der Waals surface area contributed by atoms with E-state index in [0.29, 0.717) is 0 Å². The molecule has 5 heteroatoms. The molecule has 0 bridgehead atoms. The van der Waals surface area contributed by atoms with E-state index in [1.54, 1.807) is 11.3 Å². The molecule has 3 aromatic rings. The summed E-state index contributed by atoms with van der Waals surface area (Å²) in [5, 5.41) is 3.47. The number of imidazole rings is 1. The topological polar surface area (TPSA) is 29.3 Å². The predicted octanol–water partition coefficient (Wildman–Crippen LogP) is 4.23. The van der Waals surface area contributed by atoms with Crippen LogP contribution in [0.25, 0.3) is 4.96 Å². The van der Waals surface area contributed by atoms with Crippen LogP contribution in [-0.2, 0) is 6.54 Å². The van der Waals surface area contributed by atoms with Crippen molar-refractivity contribution < 1.29 is 0 Å². The van der Waals surface area contributed by atoms with E-state index < -0.39 is 0 Å². The summed E-state index contributed by atoms with van der Waals surface area (Å²) in [6.07, 6.45) is 2.16. The van der Waals surface area contributed by atoms with Crippen molar-refractivity contribution in [1.82, 2.24) is 9.38 Å². The lowest BCUT2D eigenvalue weighted by Crippen LogP contribution is -2.03. The zero-order valence-corrected chi connectivity index (χ0v) is 13.7. The van der Waals surface area contributed by atoms with E-state index in [4.69, 9.17) is 0 Å². The molecule has 3 rings (SSSR count). The summed E-state index contributed by atoms with van der Waals surface area (Å²) in [5.41, 5.74) is 3.48. The number of benzene rings is 1. The quantitative estimate of drug-likeness (QED) is 0.686. The van der Waals surface area contributed by atoms with Gasteiger partial charge in [0.25, 0.3) is 0 Å². The Kier molecular flexibility index (Phi) is 3.49. The summed E-state index contributed by atoms with van der Waals surface area (Å²) < 4.78 is 3.43. The number of anilines is 1. The van der Waals surface area contributed by atoms with Crippen LogP contribution in [0.15, 0.2) is 30.5 Å². The molecular weight excluding hydrogens is 369 g/mol. The number of halogens is 1. The number of hydrogen-bond donors (Lipinski definition) is 1. The SMILES string of the molecule is Cc1cn2c(CNc3cccc(I)c3)c(C)nc2s1. The molecule has 0 saturated carbocycles. The van der Waals surface area contributed by atoms with Gasteiger partial charge in [-0.2, -0.15) is 0 Å². The maximum absolute atomic E-state index is 4.60. The van der Waals surface area contributed by atoms with E-state index in [1.807, 2.05) is 0 Å². The molecule has 0 aliphatic rings. The third kappa shape index (κ3) is 2.62. The summed E-state index contributed by atoms with van der Waals surface area (Å²) in [5.74, 6) is 0. The van der Waals surface area contributed by atoms with Crippen LogP contribution in [0.5, 0.6) is 0 Å². The van der Waals surface area contributed by atoms with Crippen LogP contribution >= 0.6 is 33.9 Å². The number of nitrogens with one attached hydrogen (secondary N) is 1. The minimum absolute atomic E-state index is 0.795. The first-order valence-corrected chi connectivity index (χ1v) is 7.96. The van der Waals surface area contributed by atoms with Crippen molar-refractivity contribution in [3.05, 3.63) is 50.3 Å². The number of nitrogens with zero attached hydrogens (tertiary/aromatic N) is 2. The lowest BCUT2D eigenvalue weighted by Gasteiger charge is -2.07. The Bertz CT molecular complexity index is 729. The molecule has 0 saturated heterocycles. The molecule has 0 fully saturated rings. The van der Waals surface area contributed by atoms with Crippen molar-refractivity contribution in [3.8, 4) is 0 Å². The van der Waals surface area contributed by atoms with Gasteiger partial charge in [-0.3, -0.25) is 4.40 Å². The van der Waals surface area contributed by atoms with Gasteiger partial charge in [-0.05, 0) is 54.6 Å². The molecule has 0 unspecified atom stereocenters. The summed E-state index contributed by atoms with van der Waals surface area (Å²) >= 11 is 4.06. The summed E-state index contributed by atoms with van der Waals surface area (Å²) in [7, 11) is 0. The fraction of sp³-hybridized carbons (Fsp3) is 0.214. The lowest BCUT2D eigenvalue weighted by molar-refractivity contribution is 0.991. The summed E-state index contributed by atoms with van der Waals surface area (Å²) in [6.45, 7) is 4.98. The van der Waals surface area contributed by atoms with E-state index in [1.165, 1.54) is 14.1 Å². The molecule has 2 aromatic heterocycles. The molecule has 0 atom stereocenters. The minimum Gasteiger partial charge on any atom is -0.379 e. The zero-order chi connectivity index (χ0) is 13.4. The number of aryl methyl sites for hydroxylation is 2. The van der Waals surface area contributed by atoms with Gasteiger partial charge in [0, 0.05) is 20.3 Å². The average Bonchev–Trinajstić information content (AvgIpc) is 2.82. The smallest absolute Gasteiger partial charge is 0.194 e. The predicted molar refractivity (Wildman–Crippen MR) is 89.0 cm³/mol. The number of aromatic nitrogens is 2. The van der Waals surface area contributed by atoms with E-state index in [-0.39, 0.29) is 0 Å². The zero-order valence-electron chi connectivity index (χ0n) is 10.8. The number of hydrogen-bond acceptors (Lipinski definition) is 3. The van der Waals surface area contributed by atoms with Crippen LogP contribution in [0.3, 0.4) is 0 Å². The second-order valence-electron chi connectivity index (χ2n) is 4.50. The minimum atomic E-state index is 0.795. The van der Waals surface area contributed by atoms with E-state index in [2.05, 4.69) is 81.6 Å². The highest BCUT2D eigenvalue weighted by Crippen LogP contribution is 2.21. The first-order valence-electron chi connectivity index (χ1n) is 6.07. The molecule has 0 amide bonds. The van der Waals surface area contributed by atoms with Gasteiger partial charge in [-0.25, -0.2) is 4.98 Å². The van der Waals surface area contributed by atoms with Gasteiger partial charge < -0.3 is 5.32 Å². The van der Waals surface area contributed by atoms with Crippen LogP contribution in [-0.4, -0.2) is 9.38 Å². The monoisotopic (exact) mass is 383 g/mol. The molecule has 0 radical (unpaired) electrons. The lowest BCUT2D eigenvalue weighted by atomic mass is 10.3. The number of thiazole rings is 1. The molecule has 3 nitrogen and oxygen atoms in total. The third-order valence-electron chi connectivity index (χ3n) is 3.03. The van der Waals surface area contributed by atoms with Crippen molar-refractivity contribution in [2.45, 2.75) is 20.4 Å². The Morgan fingerprint density at radius 2 is 2.21 bits per heavy atom. The second-order valence-corrected chi connectivity index (χ2v) is 6.96. The molecule has 1 N–H and O–H groups in total. The summed E-state index contributed by atoms with van der Waals surface area (Å²) in [4.78, 5) is 6.97. The molecular formula is C14H14IN3S. The first-order chi connectivity index (χ1) is 9.13. The first kappa shape index (κ1) is 12.9. The molecule has 0 aliphatic heterocycles. The van der Waals surface area contributed by atoms with Crippen LogP contribution in [0.2, 0.25) is 0 Å². The van der Waals surface area contributed by atoms with E-state index in [9.17, 15) is 0 Å². The molecule has 2 heterocycles.